The largest absolute Gasteiger partial charge is 0.453 e. The van der Waals surface area contributed by atoms with E-state index in [1.54, 1.807) is 30.3 Å². The summed E-state index contributed by atoms with van der Waals surface area (Å²) >= 11 is 0. The van der Waals surface area contributed by atoms with E-state index in [0.717, 1.165) is 25.0 Å². The number of carbonyl (C=O) groups is 1. The standard InChI is InChI=1S/C29H27FN4O4/c1-19-5-2-3-7-25(19)38-26-18-32-34(23-14-10-21(30)11-15-23)29(36)27(26)33-22-12-8-20(9-13-22)28(35)31-17-24-6-4-16-37-24/h2-3,5,7-15,18,24,33H,4,6,16-17H2,1H3,(H,31,35)/t24-/m0/s1. The van der Waals surface area contributed by atoms with Crippen molar-refractivity contribution in [1.82, 2.24) is 15.1 Å². The van der Waals surface area contributed by atoms with Gasteiger partial charge in [-0.05, 0) is 79.9 Å². The van der Waals surface area contributed by atoms with Crippen molar-refractivity contribution in [3.63, 3.8) is 0 Å². The maximum atomic E-state index is 13.5. The Labute approximate surface area is 219 Å². The Hall–Kier alpha value is -4.50. The van der Waals surface area contributed by atoms with Crippen LogP contribution in [0.4, 0.5) is 15.8 Å². The van der Waals surface area contributed by atoms with Gasteiger partial charge in [-0.1, -0.05) is 18.2 Å². The van der Waals surface area contributed by atoms with Crippen molar-refractivity contribution in [3.8, 4) is 17.2 Å². The summed E-state index contributed by atoms with van der Waals surface area (Å²) in [5.74, 6) is 0.188. The Bertz CT molecular complexity index is 1480. The van der Waals surface area contributed by atoms with Crippen molar-refractivity contribution in [2.24, 2.45) is 0 Å². The molecular formula is C29H27FN4O4. The van der Waals surface area contributed by atoms with Crippen molar-refractivity contribution in [3.05, 3.63) is 106 Å². The molecule has 0 unspecified atom stereocenters. The molecule has 0 saturated carbocycles. The van der Waals surface area contributed by atoms with Crippen LogP contribution in [-0.2, 0) is 4.74 Å². The molecule has 0 aliphatic carbocycles. The number of hydrogen-bond acceptors (Lipinski definition) is 6. The second-order valence-electron chi connectivity index (χ2n) is 8.99. The topological polar surface area (TPSA) is 94.5 Å². The SMILES string of the molecule is Cc1ccccc1Oc1cnn(-c2ccc(F)cc2)c(=O)c1Nc1ccc(C(=O)NC[C@@H]2CCCO2)cc1. The van der Waals surface area contributed by atoms with Gasteiger partial charge in [0.2, 0.25) is 0 Å². The first-order valence-corrected chi connectivity index (χ1v) is 12.4. The number of ether oxygens (including phenoxy) is 2. The number of halogens is 1. The Kier molecular flexibility index (Phi) is 7.46. The van der Waals surface area contributed by atoms with Crippen molar-refractivity contribution in [2.75, 3.05) is 18.5 Å². The molecule has 1 aliphatic heterocycles. The van der Waals surface area contributed by atoms with Gasteiger partial charge >= 0.3 is 0 Å². The molecule has 1 aromatic heterocycles. The van der Waals surface area contributed by atoms with Crippen molar-refractivity contribution < 1.29 is 18.7 Å². The number of benzene rings is 3. The lowest BCUT2D eigenvalue weighted by atomic mass is 10.1. The monoisotopic (exact) mass is 514 g/mol. The number of carbonyl (C=O) groups excluding carboxylic acids is 1. The van der Waals surface area contributed by atoms with Gasteiger partial charge in [0.1, 0.15) is 11.6 Å². The molecule has 1 fully saturated rings. The normalized spacial score (nSPS) is 14.7. The predicted octanol–water partition coefficient (Wildman–Crippen LogP) is 5.12. The second kappa shape index (κ2) is 11.3. The van der Waals surface area contributed by atoms with E-state index in [1.165, 1.54) is 35.1 Å². The molecule has 0 spiro atoms. The first-order chi connectivity index (χ1) is 18.5. The molecule has 8 nitrogen and oxygen atoms in total. The average molecular weight is 515 g/mol. The van der Waals surface area contributed by atoms with Crippen molar-refractivity contribution in [1.29, 1.82) is 0 Å². The molecule has 1 atom stereocenters. The molecule has 0 bridgehead atoms. The molecular weight excluding hydrogens is 487 g/mol. The van der Waals surface area contributed by atoms with Gasteiger partial charge in [0, 0.05) is 24.4 Å². The molecule has 1 aliphatic rings. The highest BCUT2D eigenvalue weighted by Crippen LogP contribution is 2.30. The summed E-state index contributed by atoms with van der Waals surface area (Å²) in [4.78, 5) is 26.1. The van der Waals surface area contributed by atoms with Crippen LogP contribution in [0.5, 0.6) is 11.5 Å². The van der Waals surface area contributed by atoms with Crippen LogP contribution in [-0.4, -0.2) is 34.9 Å². The summed E-state index contributed by atoms with van der Waals surface area (Å²) in [5, 5.41) is 10.3. The van der Waals surface area contributed by atoms with Crippen LogP contribution in [0.3, 0.4) is 0 Å². The lowest BCUT2D eigenvalue weighted by molar-refractivity contribution is 0.0858. The first kappa shape index (κ1) is 25.2. The number of hydrogen-bond donors (Lipinski definition) is 2. The molecule has 4 aromatic rings. The van der Waals surface area contributed by atoms with Gasteiger partial charge in [-0.3, -0.25) is 9.59 Å². The van der Waals surface area contributed by atoms with E-state index in [0.29, 0.717) is 29.2 Å². The van der Waals surface area contributed by atoms with Crippen LogP contribution in [0.2, 0.25) is 0 Å². The highest BCUT2D eigenvalue weighted by molar-refractivity contribution is 5.94. The van der Waals surface area contributed by atoms with Gasteiger partial charge in [0.25, 0.3) is 11.5 Å². The van der Waals surface area contributed by atoms with Gasteiger partial charge in [-0.25, -0.2) is 4.39 Å². The van der Waals surface area contributed by atoms with E-state index in [1.807, 2.05) is 25.1 Å². The third-order valence-corrected chi connectivity index (χ3v) is 6.26. The van der Waals surface area contributed by atoms with Gasteiger partial charge in [0.05, 0.1) is 18.0 Å². The third kappa shape index (κ3) is 5.73. The fraction of sp³-hybridized carbons (Fsp3) is 0.207. The minimum Gasteiger partial charge on any atom is -0.453 e. The average Bonchev–Trinajstić information content (AvgIpc) is 3.45. The molecule has 38 heavy (non-hydrogen) atoms. The molecule has 2 heterocycles. The number of nitrogens with one attached hydrogen (secondary N) is 2. The fourth-order valence-electron chi connectivity index (χ4n) is 4.15. The third-order valence-electron chi connectivity index (χ3n) is 6.26. The predicted molar refractivity (Wildman–Crippen MR) is 142 cm³/mol. The number of para-hydroxylation sites is 1. The fourth-order valence-corrected chi connectivity index (χ4v) is 4.15. The van der Waals surface area contributed by atoms with Crippen molar-refractivity contribution >= 4 is 17.3 Å². The molecule has 194 valence electrons. The van der Waals surface area contributed by atoms with Crippen LogP contribution in [0.15, 0.2) is 83.8 Å². The Morgan fingerprint density at radius 3 is 2.55 bits per heavy atom. The maximum absolute atomic E-state index is 13.5. The molecule has 0 radical (unpaired) electrons. The zero-order valence-corrected chi connectivity index (χ0v) is 20.8. The first-order valence-electron chi connectivity index (χ1n) is 12.4. The number of nitrogens with zero attached hydrogens (tertiary/aromatic N) is 2. The molecule has 1 saturated heterocycles. The van der Waals surface area contributed by atoms with Crippen LogP contribution in [0, 0.1) is 12.7 Å². The molecule has 5 rings (SSSR count). The van der Waals surface area contributed by atoms with E-state index in [-0.39, 0.29) is 23.4 Å². The number of aryl methyl sites for hydroxylation is 1. The lowest BCUT2D eigenvalue weighted by Gasteiger charge is -2.16. The number of rotatable bonds is 8. The lowest BCUT2D eigenvalue weighted by Crippen LogP contribution is -2.31. The van der Waals surface area contributed by atoms with Crippen LogP contribution in [0.1, 0.15) is 28.8 Å². The van der Waals surface area contributed by atoms with E-state index in [2.05, 4.69) is 15.7 Å². The number of aromatic nitrogens is 2. The smallest absolute Gasteiger partial charge is 0.299 e. The molecule has 1 amide bonds. The summed E-state index contributed by atoms with van der Waals surface area (Å²) in [6, 6.07) is 19.7. The van der Waals surface area contributed by atoms with E-state index >= 15 is 0 Å². The second-order valence-corrected chi connectivity index (χ2v) is 8.99. The summed E-state index contributed by atoms with van der Waals surface area (Å²) in [6.07, 6.45) is 3.44. The van der Waals surface area contributed by atoms with Crippen LogP contribution < -0.4 is 20.9 Å². The minimum atomic E-state index is -0.485. The zero-order chi connectivity index (χ0) is 26.5. The van der Waals surface area contributed by atoms with E-state index in [4.69, 9.17) is 9.47 Å². The molecule has 9 heteroatoms. The quantitative estimate of drug-likeness (QED) is 0.339. The Balaban J connectivity index is 1.42. The van der Waals surface area contributed by atoms with Gasteiger partial charge in [-0.15, -0.1) is 0 Å². The van der Waals surface area contributed by atoms with E-state index < -0.39 is 11.4 Å². The van der Waals surface area contributed by atoms with Gasteiger partial charge < -0.3 is 20.1 Å². The number of amides is 1. The summed E-state index contributed by atoms with van der Waals surface area (Å²) in [6.45, 7) is 3.10. The zero-order valence-electron chi connectivity index (χ0n) is 20.8. The van der Waals surface area contributed by atoms with Gasteiger partial charge in [0.15, 0.2) is 11.4 Å². The Morgan fingerprint density at radius 1 is 1.08 bits per heavy atom. The minimum absolute atomic E-state index is 0.0570. The summed E-state index contributed by atoms with van der Waals surface area (Å²) in [5.41, 5.74) is 2.01. The van der Waals surface area contributed by atoms with Crippen LogP contribution >= 0.6 is 0 Å². The van der Waals surface area contributed by atoms with E-state index in [9.17, 15) is 14.0 Å². The highest BCUT2D eigenvalue weighted by atomic mass is 19.1. The highest BCUT2D eigenvalue weighted by Gasteiger charge is 2.18. The molecule has 2 N–H and O–H groups in total. The summed E-state index contributed by atoms with van der Waals surface area (Å²) < 4.78 is 26.2. The van der Waals surface area contributed by atoms with Crippen LogP contribution in [0.25, 0.3) is 5.69 Å². The Morgan fingerprint density at radius 2 is 1.84 bits per heavy atom. The molecule has 3 aromatic carbocycles. The number of anilines is 2. The summed E-state index contributed by atoms with van der Waals surface area (Å²) in [7, 11) is 0. The van der Waals surface area contributed by atoms with Crippen molar-refractivity contribution in [2.45, 2.75) is 25.9 Å². The van der Waals surface area contributed by atoms with Gasteiger partial charge in [-0.2, -0.15) is 9.78 Å². The maximum Gasteiger partial charge on any atom is 0.299 e.